The molecule has 25 heavy (non-hydrogen) atoms. The van der Waals surface area contributed by atoms with Crippen LogP contribution in [-0.4, -0.2) is 0 Å². The first-order valence-electron chi connectivity index (χ1n) is 8.17. The van der Waals surface area contributed by atoms with Crippen molar-refractivity contribution in [3.8, 4) is 0 Å². The fourth-order valence-corrected chi connectivity index (χ4v) is 4.24. The number of rotatable bonds is 2. The number of hydrogen-bond donors (Lipinski definition) is 0. The number of halogens is 2. The summed E-state index contributed by atoms with van der Waals surface area (Å²) in [7, 11) is 0. The Morgan fingerprint density at radius 2 is 1.12 bits per heavy atom. The molecule has 3 heteroatoms. The molecule has 0 unspecified atom stereocenters. The van der Waals surface area contributed by atoms with Gasteiger partial charge in [-0.3, -0.25) is 0 Å². The first-order valence-corrected chi connectivity index (χ1v) is 8.85. The minimum absolute atomic E-state index is 0.324. The van der Waals surface area contributed by atoms with Crippen molar-refractivity contribution in [2.45, 2.75) is 0 Å². The first-order chi connectivity index (χ1) is 12.2. The van der Waals surface area contributed by atoms with Gasteiger partial charge in [0.25, 0.3) is 0 Å². The fraction of sp³-hybridized carbons (Fsp3) is 0. The van der Waals surface area contributed by atoms with E-state index in [2.05, 4.69) is 48.5 Å². The molecule has 0 bridgehead atoms. The smallest absolute Gasteiger partial charge is 0.0618 e. The van der Waals surface area contributed by atoms with E-state index in [1.165, 1.54) is 26.9 Å². The van der Waals surface area contributed by atoms with E-state index in [4.69, 9.17) is 23.6 Å². The zero-order chi connectivity index (χ0) is 17.0. The van der Waals surface area contributed by atoms with E-state index in [1.54, 1.807) is 0 Å². The highest BCUT2D eigenvalue weighted by Crippen LogP contribution is 2.47. The van der Waals surface area contributed by atoms with Crippen LogP contribution in [-0.2, 0) is 0 Å². The van der Waals surface area contributed by atoms with Gasteiger partial charge in [0.1, 0.15) is 0 Å². The van der Waals surface area contributed by atoms with Crippen LogP contribution in [0.4, 0.5) is 11.4 Å². The third-order valence-electron chi connectivity index (χ3n) is 4.89. The van der Waals surface area contributed by atoms with Gasteiger partial charge < -0.3 is 0 Å². The van der Waals surface area contributed by atoms with Gasteiger partial charge in [-0.15, -0.1) is 0 Å². The molecule has 5 aromatic carbocycles. The van der Waals surface area contributed by atoms with Crippen molar-refractivity contribution >= 4 is 67.2 Å². The Bertz CT molecular complexity index is 1200. The van der Waals surface area contributed by atoms with Gasteiger partial charge >= 0.3 is 0 Å². The summed E-state index contributed by atoms with van der Waals surface area (Å²) in [6.07, 6.45) is 0. The van der Waals surface area contributed by atoms with Crippen LogP contribution in [0.5, 0.6) is 0 Å². The van der Waals surface area contributed by atoms with Crippen LogP contribution in [0.3, 0.4) is 0 Å². The molecule has 120 valence electrons. The summed E-state index contributed by atoms with van der Waals surface area (Å²) in [5, 5.41) is 7.22. The maximum absolute atomic E-state index is 6.81. The van der Waals surface area contributed by atoms with Gasteiger partial charge in [-0.1, -0.05) is 58.1 Å². The average Bonchev–Trinajstić information content (AvgIpc) is 2.66. The second kappa shape index (κ2) is 5.34. The summed E-state index contributed by atoms with van der Waals surface area (Å²) in [5.41, 5.74) is 1.68. The number of quaternary nitrogens is 1. The molecule has 0 saturated heterocycles. The molecule has 5 aromatic rings. The van der Waals surface area contributed by atoms with Gasteiger partial charge in [0.15, 0.2) is 34.9 Å². The number of benzene rings is 5. The SMILES string of the molecule is Cl[N+](Cl)(c1ccccc1)c1ccc2ccc3cccc4ccc1c2c34. The van der Waals surface area contributed by atoms with Crippen LogP contribution < -0.4 is 3.52 Å². The zero-order valence-corrected chi connectivity index (χ0v) is 14.8. The van der Waals surface area contributed by atoms with Crippen molar-refractivity contribution in [2.75, 3.05) is 0 Å². The Kier molecular flexibility index (Phi) is 3.20. The molecular formula is C22H14Cl2N+. The predicted molar refractivity (Wildman–Crippen MR) is 110 cm³/mol. The second-order valence-corrected chi connectivity index (χ2v) is 7.48. The standard InChI is InChI=1S/C22H14Cl2N/c23-25(24,18-7-2-1-3-8-18)20-14-12-17-10-9-15-5-4-6-16-11-13-19(20)22(17)21(15)16/h1-14H/q+1. The Hall–Kier alpha value is -2.32. The third kappa shape index (κ3) is 2.14. The average molecular weight is 363 g/mol. The summed E-state index contributed by atoms with van der Waals surface area (Å²) in [4.78, 5) is 0. The lowest BCUT2D eigenvalue weighted by molar-refractivity contribution is 0.937. The lowest BCUT2D eigenvalue weighted by atomic mass is 9.93. The maximum atomic E-state index is 6.81. The molecule has 0 spiro atoms. The molecular weight excluding hydrogens is 349 g/mol. The van der Waals surface area contributed by atoms with Crippen molar-refractivity contribution < 1.29 is 0 Å². The van der Waals surface area contributed by atoms with Crippen molar-refractivity contribution in [2.24, 2.45) is 0 Å². The minimum atomic E-state index is -0.324. The molecule has 0 radical (unpaired) electrons. The topological polar surface area (TPSA) is 0 Å². The summed E-state index contributed by atoms with van der Waals surface area (Å²) in [6, 6.07) is 28.9. The van der Waals surface area contributed by atoms with Crippen LogP contribution in [0, 0.1) is 0 Å². The molecule has 5 rings (SSSR count). The van der Waals surface area contributed by atoms with E-state index < -0.39 is 0 Å². The van der Waals surface area contributed by atoms with E-state index in [0.717, 1.165) is 16.8 Å². The second-order valence-electron chi connectivity index (χ2n) is 6.29. The lowest BCUT2D eigenvalue weighted by Gasteiger charge is -2.21. The summed E-state index contributed by atoms with van der Waals surface area (Å²) in [6.45, 7) is 0. The number of hydrogen-bond acceptors (Lipinski definition) is 0. The Labute approximate surface area is 155 Å². The van der Waals surface area contributed by atoms with Crippen LogP contribution >= 0.6 is 23.6 Å². The van der Waals surface area contributed by atoms with E-state index in [1.807, 2.05) is 36.4 Å². The zero-order valence-electron chi connectivity index (χ0n) is 13.3. The summed E-state index contributed by atoms with van der Waals surface area (Å²) >= 11 is 13.6. The minimum Gasteiger partial charge on any atom is -0.0618 e. The van der Waals surface area contributed by atoms with E-state index in [9.17, 15) is 0 Å². The third-order valence-corrected chi connectivity index (χ3v) is 5.64. The van der Waals surface area contributed by atoms with Gasteiger partial charge in [0.05, 0.1) is 0 Å². The molecule has 0 atom stereocenters. The van der Waals surface area contributed by atoms with Gasteiger partial charge in [-0.05, 0) is 33.7 Å². The van der Waals surface area contributed by atoms with Crippen molar-refractivity contribution in [3.63, 3.8) is 0 Å². The molecule has 0 amide bonds. The number of para-hydroxylation sites is 1. The highest BCUT2D eigenvalue weighted by Gasteiger charge is 2.34. The molecule has 0 fully saturated rings. The van der Waals surface area contributed by atoms with Crippen molar-refractivity contribution in [3.05, 3.63) is 84.9 Å². The Balaban J connectivity index is 1.91. The highest BCUT2D eigenvalue weighted by atomic mass is 35.5. The van der Waals surface area contributed by atoms with Gasteiger partial charge in [-0.25, -0.2) is 0 Å². The largest absolute Gasteiger partial charge is 0.199 e. The van der Waals surface area contributed by atoms with Crippen LogP contribution in [0.15, 0.2) is 84.9 Å². The molecule has 0 aliphatic rings. The van der Waals surface area contributed by atoms with Gasteiger partial charge in [0, 0.05) is 29.0 Å². The molecule has 0 aromatic heterocycles. The molecule has 0 aliphatic carbocycles. The van der Waals surface area contributed by atoms with Crippen LogP contribution in [0.2, 0.25) is 0 Å². The number of nitrogens with zero attached hydrogens (tertiary/aromatic N) is 1. The van der Waals surface area contributed by atoms with Crippen LogP contribution in [0.1, 0.15) is 0 Å². The van der Waals surface area contributed by atoms with E-state index >= 15 is 0 Å². The maximum Gasteiger partial charge on any atom is 0.199 e. The Morgan fingerprint density at radius 1 is 0.520 bits per heavy atom. The highest BCUT2D eigenvalue weighted by molar-refractivity contribution is 6.48. The van der Waals surface area contributed by atoms with E-state index in [0.29, 0.717) is 0 Å². The van der Waals surface area contributed by atoms with Crippen LogP contribution in [0.25, 0.3) is 32.3 Å². The van der Waals surface area contributed by atoms with E-state index in [-0.39, 0.29) is 3.52 Å². The molecule has 0 N–H and O–H groups in total. The quantitative estimate of drug-likeness (QED) is 0.225. The molecule has 0 aliphatic heterocycles. The summed E-state index contributed by atoms with van der Waals surface area (Å²) in [5.74, 6) is 0. The molecule has 1 nitrogen and oxygen atoms in total. The predicted octanol–water partition coefficient (Wildman–Crippen LogP) is 7.53. The van der Waals surface area contributed by atoms with Gasteiger partial charge in [-0.2, -0.15) is 0 Å². The molecule has 0 saturated carbocycles. The van der Waals surface area contributed by atoms with Gasteiger partial charge in [0.2, 0.25) is 0 Å². The normalized spacial score (nSPS) is 12.4. The van der Waals surface area contributed by atoms with Crippen molar-refractivity contribution in [1.82, 2.24) is 3.52 Å². The Morgan fingerprint density at radius 3 is 1.84 bits per heavy atom. The summed E-state index contributed by atoms with van der Waals surface area (Å²) < 4.78 is -0.324. The fourth-order valence-electron chi connectivity index (χ4n) is 3.72. The first kappa shape index (κ1) is 15.0. The molecule has 0 heterocycles. The monoisotopic (exact) mass is 362 g/mol. The van der Waals surface area contributed by atoms with Crippen molar-refractivity contribution in [1.29, 1.82) is 0 Å². The lowest BCUT2D eigenvalue weighted by Crippen LogP contribution is -2.20.